The Balaban J connectivity index is 1.52. The van der Waals surface area contributed by atoms with Gasteiger partial charge in [-0.2, -0.15) is 0 Å². The summed E-state index contributed by atoms with van der Waals surface area (Å²) in [7, 11) is 1.56. The number of aliphatic carboxylic acids is 1. The highest BCUT2D eigenvalue weighted by Crippen LogP contribution is 2.30. The predicted molar refractivity (Wildman–Crippen MR) is 108 cm³/mol. The van der Waals surface area contributed by atoms with E-state index >= 15 is 0 Å². The topological polar surface area (TPSA) is 95.5 Å². The van der Waals surface area contributed by atoms with Crippen LogP contribution in [0.1, 0.15) is 23.4 Å². The molecule has 1 aromatic heterocycles. The summed E-state index contributed by atoms with van der Waals surface area (Å²) in [6.07, 6.45) is 0.535. The van der Waals surface area contributed by atoms with Crippen LogP contribution in [0.15, 0.2) is 54.3 Å². The van der Waals surface area contributed by atoms with Gasteiger partial charge in [-0.3, -0.25) is 9.59 Å². The molecule has 4 rings (SSSR count). The van der Waals surface area contributed by atoms with Crippen molar-refractivity contribution in [1.29, 1.82) is 0 Å². The van der Waals surface area contributed by atoms with Gasteiger partial charge in [0.2, 0.25) is 0 Å². The van der Waals surface area contributed by atoms with E-state index in [1.165, 1.54) is 0 Å². The van der Waals surface area contributed by atoms with E-state index in [9.17, 15) is 9.59 Å². The Labute approximate surface area is 167 Å². The highest BCUT2D eigenvalue weighted by Gasteiger charge is 2.32. The van der Waals surface area contributed by atoms with E-state index < -0.39 is 5.97 Å². The molecule has 0 aliphatic carbocycles. The number of hydrogen-bond acceptors (Lipinski definition) is 4. The smallest absolute Gasteiger partial charge is 0.303 e. The number of para-hydroxylation sites is 2. The summed E-state index contributed by atoms with van der Waals surface area (Å²) in [5, 5.41) is 8.82. The van der Waals surface area contributed by atoms with Crippen LogP contribution in [-0.4, -0.2) is 45.5 Å². The molecule has 0 bridgehead atoms. The zero-order chi connectivity index (χ0) is 20.4. The molecule has 0 saturated heterocycles. The van der Waals surface area contributed by atoms with Crippen molar-refractivity contribution in [2.75, 3.05) is 13.7 Å². The van der Waals surface area contributed by atoms with Crippen molar-refractivity contribution in [2.45, 2.75) is 19.4 Å². The molecule has 7 heteroatoms. The fourth-order valence-corrected chi connectivity index (χ4v) is 3.53. The van der Waals surface area contributed by atoms with Crippen LogP contribution in [0.2, 0.25) is 0 Å². The molecule has 0 fully saturated rings. The summed E-state index contributed by atoms with van der Waals surface area (Å²) < 4.78 is 5.49. The normalized spacial score (nSPS) is 14.1. The van der Waals surface area contributed by atoms with Gasteiger partial charge < -0.3 is 19.7 Å². The molecule has 148 valence electrons. The average molecular weight is 391 g/mol. The zero-order valence-corrected chi connectivity index (χ0v) is 16.0. The molecule has 0 radical (unpaired) electrons. The van der Waals surface area contributed by atoms with Crippen molar-refractivity contribution >= 4 is 28.5 Å². The van der Waals surface area contributed by atoms with Crippen LogP contribution >= 0.6 is 0 Å². The Kier molecular flexibility index (Phi) is 5.03. The number of H-pyrrole nitrogens is 1. The van der Waals surface area contributed by atoms with Crippen LogP contribution in [0.5, 0.6) is 0 Å². The molecule has 2 heterocycles. The lowest BCUT2D eigenvalue weighted by molar-refractivity contribution is -0.137. The van der Waals surface area contributed by atoms with Gasteiger partial charge in [-0.15, -0.1) is 0 Å². The van der Waals surface area contributed by atoms with Gasteiger partial charge in [0.25, 0.3) is 5.91 Å². The minimum atomic E-state index is -0.828. The molecular weight excluding hydrogens is 370 g/mol. The monoisotopic (exact) mass is 391 g/mol. The number of aryl methyl sites for hydroxylation is 1. The molecule has 7 nitrogen and oxygen atoms in total. The van der Waals surface area contributed by atoms with Crippen molar-refractivity contribution in [2.24, 2.45) is 0 Å². The maximum atomic E-state index is 13.1. The Morgan fingerprint density at radius 3 is 2.66 bits per heavy atom. The lowest BCUT2D eigenvalue weighted by Crippen LogP contribution is -2.27. The third-order valence-corrected chi connectivity index (χ3v) is 5.01. The summed E-state index contributed by atoms with van der Waals surface area (Å²) in [6.45, 7) is 0.739. The highest BCUT2D eigenvalue weighted by atomic mass is 16.5. The molecule has 2 aromatic carbocycles. The summed E-state index contributed by atoms with van der Waals surface area (Å²) >= 11 is 0. The number of aromatic nitrogens is 2. The Bertz CT molecular complexity index is 1070. The maximum absolute atomic E-state index is 13.1. The second-order valence-electron chi connectivity index (χ2n) is 6.95. The van der Waals surface area contributed by atoms with Crippen molar-refractivity contribution < 1.29 is 19.4 Å². The number of hydrogen-bond donors (Lipinski definition) is 2. The van der Waals surface area contributed by atoms with Gasteiger partial charge in [0.05, 0.1) is 36.8 Å². The quantitative estimate of drug-likeness (QED) is 0.646. The minimum absolute atomic E-state index is 0.0789. The zero-order valence-electron chi connectivity index (χ0n) is 16.0. The summed E-state index contributed by atoms with van der Waals surface area (Å²) in [4.78, 5) is 33.3. The Hall–Kier alpha value is -3.61. The van der Waals surface area contributed by atoms with Crippen LogP contribution in [0.3, 0.4) is 0 Å². The number of aromatic amines is 1. The van der Waals surface area contributed by atoms with E-state index in [1.807, 2.05) is 48.5 Å². The lowest BCUT2D eigenvalue weighted by Gasteiger charge is -2.14. The fraction of sp³-hybridized carbons (Fsp3) is 0.227. The molecule has 3 aromatic rings. The number of fused-ring (bicyclic) bond motifs is 1. The lowest BCUT2D eigenvalue weighted by atomic mass is 10.0. The van der Waals surface area contributed by atoms with Crippen molar-refractivity contribution in [3.63, 3.8) is 0 Å². The minimum Gasteiger partial charge on any atom is -0.498 e. The first-order valence-electron chi connectivity index (χ1n) is 9.36. The summed E-state index contributed by atoms with van der Waals surface area (Å²) in [6, 6.07) is 15.1. The molecule has 0 spiro atoms. The van der Waals surface area contributed by atoms with E-state index in [2.05, 4.69) is 9.97 Å². The molecule has 1 aliphatic heterocycles. The van der Waals surface area contributed by atoms with Crippen LogP contribution in [0.25, 0.3) is 16.6 Å². The number of ether oxygens (including phenoxy) is 1. The second-order valence-corrected chi connectivity index (χ2v) is 6.95. The number of nitrogens with one attached hydrogen (secondary N) is 1. The second kappa shape index (κ2) is 7.79. The molecule has 0 atom stereocenters. The van der Waals surface area contributed by atoms with Crippen molar-refractivity contribution in [3.05, 3.63) is 71.2 Å². The fourth-order valence-electron chi connectivity index (χ4n) is 3.53. The number of carbonyl (C=O) groups excluding carboxylic acids is 1. The molecule has 29 heavy (non-hydrogen) atoms. The third-order valence-electron chi connectivity index (χ3n) is 5.01. The third kappa shape index (κ3) is 3.85. The maximum Gasteiger partial charge on any atom is 0.303 e. The van der Waals surface area contributed by atoms with Crippen LogP contribution in [-0.2, 0) is 27.3 Å². The first kappa shape index (κ1) is 18.7. The van der Waals surface area contributed by atoms with Gasteiger partial charge in [-0.05, 0) is 29.7 Å². The van der Waals surface area contributed by atoms with Crippen LogP contribution in [0, 0.1) is 0 Å². The standard InChI is InChI=1S/C22H21N3O4/c1-29-18-12-25(13-19-23-16-4-2-3-5-17(16)24-19)22(28)21(18)15-9-6-14(7-10-15)8-11-20(26)27/h2-7,9-10H,8,11-13H2,1H3,(H,23,24)(H,26,27). The SMILES string of the molecule is COC1=C(c2ccc(CCC(=O)O)cc2)C(=O)N(Cc2nc3ccccc3[nH]2)C1. The molecule has 1 aliphatic rings. The van der Waals surface area contributed by atoms with E-state index in [0.29, 0.717) is 30.8 Å². The van der Waals surface area contributed by atoms with Crippen molar-refractivity contribution in [1.82, 2.24) is 14.9 Å². The van der Waals surface area contributed by atoms with Gasteiger partial charge in [0, 0.05) is 6.42 Å². The average Bonchev–Trinajstić information content (AvgIpc) is 3.27. The Morgan fingerprint density at radius 1 is 1.21 bits per heavy atom. The summed E-state index contributed by atoms with van der Waals surface area (Å²) in [5.41, 5.74) is 4.02. The number of carbonyl (C=O) groups is 2. The van der Waals surface area contributed by atoms with Gasteiger partial charge in [0.1, 0.15) is 11.6 Å². The van der Waals surface area contributed by atoms with Crippen LogP contribution in [0.4, 0.5) is 0 Å². The van der Waals surface area contributed by atoms with E-state index in [1.54, 1.807) is 12.0 Å². The highest BCUT2D eigenvalue weighted by molar-refractivity contribution is 6.22. The number of methoxy groups -OCH3 is 1. The number of nitrogens with zero attached hydrogens (tertiary/aromatic N) is 2. The molecule has 0 unspecified atom stereocenters. The molecule has 2 N–H and O–H groups in total. The van der Waals surface area contributed by atoms with E-state index in [-0.39, 0.29) is 12.3 Å². The van der Waals surface area contributed by atoms with Crippen molar-refractivity contribution in [3.8, 4) is 0 Å². The predicted octanol–water partition coefficient (Wildman–Crippen LogP) is 2.98. The van der Waals surface area contributed by atoms with Gasteiger partial charge >= 0.3 is 5.97 Å². The first-order chi connectivity index (χ1) is 14.0. The largest absolute Gasteiger partial charge is 0.498 e. The number of benzene rings is 2. The number of rotatable bonds is 7. The van der Waals surface area contributed by atoms with Gasteiger partial charge in [-0.1, -0.05) is 36.4 Å². The van der Waals surface area contributed by atoms with Gasteiger partial charge in [0.15, 0.2) is 0 Å². The van der Waals surface area contributed by atoms with Gasteiger partial charge in [-0.25, -0.2) is 4.98 Å². The summed E-state index contributed by atoms with van der Waals surface area (Å²) in [5.74, 6) is 0.399. The Morgan fingerprint density at radius 2 is 1.97 bits per heavy atom. The number of carboxylic acid groups (broad SMARTS) is 1. The molecule has 0 saturated carbocycles. The first-order valence-corrected chi connectivity index (χ1v) is 9.36. The van der Waals surface area contributed by atoms with Crippen LogP contribution < -0.4 is 0 Å². The number of imidazole rings is 1. The number of amides is 1. The van der Waals surface area contributed by atoms with E-state index in [4.69, 9.17) is 9.84 Å². The molecule has 1 amide bonds. The van der Waals surface area contributed by atoms with E-state index in [0.717, 1.165) is 28.0 Å². The number of carboxylic acids is 1. The molecular formula is C22H21N3O4.